The zero-order valence-corrected chi connectivity index (χ0v) is 25.8. The standard InChI is InChI=1S/C36H43N3O3/c1-24-7-14-31-32-15-11-26(21-34(32)38(6)33(31)16-8-24)25-9-12-29(13-10-25)41-30-22-28(23-30)37(5)27-17-19-39(20-18-27)35(40)42-36(2,3)4/h8-16,21,27-28,30H,17-20,22-23H2,1-6H3/t28-,30-. The molecule has 1 saturated carbocycles. The molecule has 6 heteroatoms. The number of carbonyl (C=O) groups is 1. The van der Waals surface area contributed by atoms with Gasteiger partial charge in [0.2, 0.25) is 0 Å². The van der Waals surface area contributed by atoms with Gasteiger partial charge < -0.3 is 23.8 Å². The number of carbonyl (C=O) groups excluding carboxylic acids is 1. The molecule has 2 aliphatic carbocycles. The predicted octanol–water partition coefficient (Wildman–Crippen LogP) is 7.67. The summed E-state index contributed by atoms with van der Waals surface area (Å²) in [6, 6.07) is 16.3. The van der Waals surface area contributed by atoms with E-state index in [2.05, 4.69) is 96.9 Å². The lowest BCUT2D eigenvalue weighted by Gasteiger charge is -2.46. The Balaban J connectivity index is 1.02. The molecule has 0 radical (unpaired) electrons. The molecule has 1 aliphatic heterocycles. The number of benzene rings is 2. The van der Waals surface area contributed by atoms with Gasteiger partial charge in [-0.3, -0.25) is 0 Å². The minimum Gasteiger partial charge on any atom is -0.490 e. The van der Waals surface area contributed by atoms with Gasteiger partial charge in [-0.05, 0) is 101 Å². The van der Waals surface area contributed by atoms with E-state index in [0.29, 0.717) is 12.1 Å². The fourth-order valence-corrected chi connectivity index (χ4v) is 6.42. The van der Waals surface area contributed by atoms with Crippen LogP contribution < -0.4 is 4.74 Å². The van der Waals surface area contributed by atoms with Crippen LogP contribution >= 0.6 is 0 Å². The van der Waals surface area contributed by atoms with Gasteiger partial charge in [-0.25, -0.2) is 4.79 Å². The number of ether oxygens (including phenoxy) is 2. The van der Waals surface area contributed by atoms with E-state index in [1.807, 2.05) is 25.7 Å². The second kappa shape index (κ2) is 11.2. The summed E-state index contributed by atoms with van der Waals surface area (Å²) in [5, 5.41) is 1.25. The maximum atomic E-state index is 12.4. The molecule has 0 N–H and O–H groups in total. The summed E-state index contributed by atoms with van der Waals surface area (Å²) in [5.41, 5.74) is 10.1. The van der Waals surface area contributed by atoms with Crippen LogP contribution in [-0.2, 0) is 11.8 Å². The number of hydrogen-bond acceptors (Lipinski definition) is 4. The van der Waals surface area contributed by atoms with Crippen LogP contribution in [0.5, 0.6) is 5.75 Å². The van der Waals surface area contributed by atoms with E-state index in [1.165, 1.54) is 33.3 Å². The number of amides is 1. The third kappa shape index (κ3) is 5.79. The fraction of sp³-hybridized carbons (Fsp3) is 0.444. The Bertz CT molecular complexity index is 1570. The Morgan fingerprint density at radius 1 is 0.976 bits per heavy atom. The minimum atomic E-state index is -0.449. The van der Waals surface area contributed by atoms with Gasteiger partial charge in [-0.2, -0.15) is 0 Å². The van der Waals surface area contributed by atoms with Crippen molar-refractivity contribution in [3.63, 3.8) is 0 Å². The zero-order valence-electron chi connectivity index (χ0n) is 25.8. The number of aryl methyl sites for hydroxylation is 1. The van der Waals surface area contributed by atoms with Crippen molar-refractivity contribution in [3.8, 4) is 16.9 Å². The van der Waals surface area contributed by atoms with Gasteiger partial charge in [0.1, 0.15) is 17.5 Å². The highest BCUT2D eigenvalue weighted by Gasteiger charge is 2.38. The molecule has 0 atom stereocenters. The van der Waals surface area contributed by atoms with Gasteiger partial charge in [0, 0.05) is 67.2 Å². The number of hydrogen-bond donors (Lipinski definition) is 0. The molecule has 220 valence electrons. The average molecular weight is 566 g/mol. The largest absolute Gasteiger partial charge is 0.490 e. The summed E-state index contributed by atoms with van der Waals surface area (Å²) < 4.78 is 14.2. The number of rotatable bonds is 5. The molecule has 0 bridgehead atoms. The molecule has 1 aromatic heterocycles. The maximum Gasteiger partial charge on any atom is 0.410 e. The van der Waals surface area contributed by atoms with Gasteiger partial charge >= 0.3 is 6.09 Å². The average Bonchev–Trinajstić information content (AvgIpc) is 3.06. The van der Waals surface area contributed by atoms with Gasteiger partial charge in [0.15, 0.2) is 0 Å². The van der Waals surface area contributed by atoms with Crippen molar-refractivity contribution in [2.45, 2.75) is 77.2 Å². The first-order chi connectivity index (χ1) is 20.1. The molecule has 2 heterocycles. The summed E-state index contributed by atoms with van der Waals surface area (Å²) in [5.74, 6) is 0.930. The van der Waals surface area contributed by atoms with Crippen LogP contribution in [0.1, 0.15) is 64.6 Å². The van der Waals surface area contributed by atoms with Crippen LogP contribution in [0, 0.1) is 0 Å². The summed E-state index contributed by atoms with van der Waals surface area (Å²) in [7, 11) is 4.37. The number of allylic oxidation sites excluding steroid dienone is 2. The predicted molar refractivity (Wildman–Crippen MR) is 171 cm³/mol. The SMILES string of the molecule is CC1=C=Cc2c(n(C)c3cc(-c4ccc(O[C@H]5C[C@H](N(C)C6CCN(C(=O)OC(C)(C)C)CC6)C5)cc4)ccc23)C=C1. The fourth-order valence-electron chi connectivity index (χ4n) is 6.42. The van der Waals surface area contributed by atoms with Crippen LogP contribution in [0.25, 0.3) is 34.2 Å². The van der Waals surface area contributed by atoms with Crippen molar-refractivity contribution >= 4 is 29.1 Å². The molecule has 1 amide bonds. The van der Waals surface area contributed by atoms with Gasteiger partial charge in [-0.1, -0.05) is 24.3 Å². The monoisotopic (exact) mass is 565 g/mol. The highest BCUT2D eigenvalue weighted by Crippen LogP contribution is 2.35. The smallest absolute Gasteiger partial charge is 0.410 e. The third-order valence-electron chi connectivity index (χ3n) is 9.05. The molecule has 3 aliphatic rings. The number of fused-ring (bicyclic) bond motifs is 3. The Kier molecular flexibility index (Phi) is 7.55. The molecular formula is C36H43N3O3. The quantitative estimate of drug-likeness (QED) is 0.298. The summed E-state index contributed by atoms with van der Waals surface area (Å²) in [4.78, 5) is 16.8. The van der Waals surface area contributed by atoms with Crippen LogP contribution in [0.3, 0.4) is 0 Å². The van der Waals surface area contributed by atoms with Gasteiger partial charge in [-0.15, -0.1) is 5.73 Å². The van der Waals surface area contributed by atoms with Crippen LogP contribution in [0.4, 0.5) is 4.79 Å². The number of aromatic nitrogens is 1. The Morgan fingerprint density at radius 3 is 2.36 bits per heavy atom. The number of piperidine rings is 1. The van der Waals surface area contributed by atoms with Crippen molar-refractivity contribution in [3.05, 3.63) is 71.1 Å². The Labute approximate surface area is 249 Å². The highest BCUT2D eigenvalue weighted by atomic mass is 16.6. The molecule has 2 fully saturated rings. The van der Waals surface area contributed by atoms with Crippen molar-refractivity contribution < 1.29 is 14.3 Å². The van der Waals surface area contributed by atoms with Crippen LogP contribution in [0.15, 0.2) is 59.8 Å². The van der Waals surface area contributed by atoms with Crippen LogP contribution in [-0.4, -0.2) is 64.4 Å². The zero-order chi connectivity index (χ0) is 29.6. The molecule has 3 aromatic rings. The normalized spacial score (nSPS) is 20.7. The van der Waals surface area contributed by atoms with E-state index in [0.717, 1.165) is 50.1 Å². The molecule has 2 aromatic carbocycles. The van der Waals surface area contributed by atoms with E-state index >= 15 is 0 Å². The van der Waals surface area contributed by atoms with Crippen molar-refractivity contribution in [2.24, 2.45) is 7.05 Å². The molecule has 6 rings (SSSR count). The first kappa shape index (κ1) is 28.4. The number of nitrogens with zero attached hydrogens (tertiary/aromatic N) is 3. The van der Waals surface area contributed by atoms with Gasteiger partial charge in [0.05, 0.1) is 0 Å². The lowest BCUT2D eigenvalue weighted by Crippen LogP contribution is -2.54. The first-order valence-electron chi connectivity index (χ1n) is 15.3. The van der Waals surface area contributed by atoms with Crippen molar-refractivity contribution in [1.29, 1.82) is 0 Å². The van der Waals surface area contributed by atoms with E-state index in [-0.39, 0.29) is 12.2 Å². The summed E-state index contributed by atoms with van der Waals surface area (Å²) >= 11 is 0. The van der Waals surface area contributed by atoms with E-state index in [1.54, 1.807) is 0 Å². The second-order valence-corrected chi connectivity index (χ2v) is 13.1. The minimum absolute atomic E-state index is 0.191. The van der Waals surface area contributed by atoms with Crippen molar-refractivity contribution in [1.82, 2.24) is 14.4 Å². The summed E-state index contributed by atoms with van der Waals surface area (Å²) in [6.07, 6.45) is 10.5. The maximum absolute atomic E-state index is 12.4. The van der Waals surface area contributed by atoms with E-state index in [9.17, 15) is 4.79 Å². The van der Waals surface area contributed by atoms with E-state index in [4.69, 9.17) is 9.47 Å². The molecular weight excluding hydrogens is 522 g/mol. The van der Waals surface area contributed by atoms with Crippen molar-refractivity contribution in [2.75, 3.05) is 20.1 Å². The molecule has 6 nitrogen and oxygen atoms in total. The Hall–Kier alpha value is -3.73. The molecule has 1 saturated heterocycles. The second-order valence-electron chi connectivity index (χ2n) is 13.1. The molecule has 0 unspecified atom stereocenters. The molecule has 0 spiro atoms. The molecule has 42 heavy (non-hydrogen) atoms. The highest BCUT2D eigenvalue weighted by molar-refractivity contribution is 5.96. The lowest BCUT2D eigenvalue weighted by molar-refractivity contribution is -0.0117. The van der Waals surface area contributed by atoms with E-state index < -0.39 is 5.60 Å². The summed E-state index contributed by atoms with van der Waals surface area (Å²) in [6.45, 7) is 9.35. The van der Waals surface area contributed by atoms with Gasteiger partial charge in [0.25, 0.3) is 0 Å². The Morgan fingerprint density at radius 2 is 1.67 bits per heavy atom. The lowest BCUT2D eigenvalue weighted by atomic mass is 9.86. The topological polar surface area (TPSA) is 46.9 Å². The third-order valence-corrected chi connectivity index (χ3v) is 9.05. The van der Waals surface area contributed by atoms with Crippen LogP contribution in [0.2, 0.25) is 0 Å². The number of likely N-dealkylation sites (tertiary alicyclic amines) is 1. The first-order valence-corrected chi connectivity index (χ1v) is 15.3.